The highest BCUT2D eigenvalue weighted by molar-refractivity contribution is 5.93. The van der Waals surface area contributed by atoms with E-state index in [2.05, 4.69) is 19.9 Å². The van der Waals surface area contributed by atoms with Crippen molar-refractivity contribution in [3.05, 3.63) is 90.3 Å². The van der Waals surface area contributed by atoms with E-state index in [1.54, 1.807) is 31.8 Å². The lowest BCUT2D eigenvalue weighted by Gasteiger charge is -2.33. The van der Waals surface area contributed by atoms with Crippen LogP contribution in [0.4, 0.5) is 0 Å². The zero-order valence-electron chi connectivity index (χ0n) is 18.9. The molecule has 1 aliphatic rings. The van der Waals surface area contributed by atoms with Gasteiger partial charge in [-0.3, -0.25) is 4.79 Å². The van der Waals surface area contributed by atoms with E-state index in [0.29, 0.717) is 30.2 Å². The molecule has 4 aromatic rings. The lowest BCUT2D eigenvalue weighted by atomic mass is 10.0. The normalized spacial score (nSPS) is 15.8. The lowest BCUT2D eigenvalue weighted by molar-refractivity contribution is 0.0564. The number of ether oxygens (including phenoxy) is 1. The molecule has 8 nitrogen and oxygen atoms in total. The molecule has 1 aliphatic heterocycles. The smallest absolute Gasteiger partial charge is 0.273 e. The van der Waals surface area contributed by atoms with Crippen molar-refractivity contribution in [2.45, 2.75) is 31.7 Å². The minimum absolute atomic E-state index is 0.129. The molecule has 34 heavy (non-hydrogen) atoms. The molecule has 0 N–H and O–H groups in total. The van der Waals surface area contributed by atoms with Crippen molar-refractivity contribution in [2.24, 2.45) is 0 Å². The summed E-state index contributed by atoms with van der Waals surface area (Å²) >= 11 is 0. The summed E-state index contributed by atoms with van der Waals surface area (Å²) < 4.78 is 11.4. The van der Waals surface area contributed by atoms with Crippen LogP contribution in [0.3, 0.4) is 0 Å². The molecule has 0 saturated carbocycles. The van der Waals surface area contributed by atoms with E-state index < -0.39 is 0 Å². The first-order valence-electron chi connectivity index (χ1n) is 11.3. The van der Waals surface area contributed by atoms with Gasteiger partial charge in [0.15, 0.2) is 0 Å². The van der Waals surface area contributed by atoms with Gasteiger partial charge in [0.2, 0.25) is 5.89 Å². The highest BCUT2D eigenvalue weighted by Crippen LogP contribution is 2.32. The summed E-state index contributed by atoms with van der Waals surface area (Å²) in [5.41, 5.74) is 2.89. The molecule has 0 spiro atoms. The highest BCUT2D eigenvalue weighted by atomic mass is 16.5. The Morgan fingerprint density at radius 3 is 2.82 bits per heavy atom. The van der Waals surface area contributed by atoms with E-state index in [4.69, 9.17) is 9.15 Å². The van der Waals surface area contributed by atoms with Crippen LogP contribution in [-0.2, 0) is 6.42 Å². The van der Waals surface area contributed by atoms with Crippen molar-refractivity contribution in [2.75, 3.05) is 13.7 Å². The molecule has 0 unspecified atom stereocenters. The fraction of sp³-hybridized carbons (Fsp3) is 0.269. The molecule has 5 rings (SSSR count). The maximum atomic E-state index is 13.5. The predicted molar refractivity (Wildman–Crippen MR) is 125 cm³/mol. The van der Waals surface area contributed by atoms with Crippen molar-refractivity contribution in [1.29, 1.82) is 0 Å². The van der Waals surface area contributed by atoms with Crippen molar-refractivity contribution in [3.8, 4) is 17.0 Å². The van der Waals surface area contributed by atoms with Gasteiger partial charge in [0, 0.05) is 30.9 Å². The summed E-state index contributed by atoms with van der Waals surface area (Å²) in [6.07, 6.45) is 9.94. The minimum Gasteiger partial charge on any atom is -0.497 e. The fourth-order valence-electron chi connectivity index (χ4n) is 4.27. The largest absolute Gasteiger partial charge is 0.497 e. The molecular weight excluding hydrogens is 430 g/mol. The molecule has 1 atom stereocenters. The van der Waals surface area contributed by atoms with E-state index in [0.717, 1.165) is 41.9 Å². The van der Waals surface area contributed by atoms with Crippen LogP contribution in [-0.4, -0.2) is 44.4 Å². The number of methoxy groups -OCH3 is 1. The summed E-state index contributed by atoms with van der Waals surface area (Å²) in [4.78, 5) is 32.5. The molecule has 172 valence electrons. The second kappa shape index (κ2) is 9.82. The number of amides is 1. The summed E-state index contributed by atoms with van der Waals surface area (Å²) in [5, 5.41) is 0. The number of hydrogen-bond acceptors (Lipinski definition) is 7. The molecular formula is C26H25N5O3. The predicted octanol–water partition coefficient (Wildman–Crippen LogP) is 4.49. The number of piperidine rings is 1. The number of aromatic nitrogens is 4. The first-order chi connectivity index (χ1) is 16.7. The van der Waals surface area contributed by atoms with Gasteiger partial charge in [-0.25, -0.2) is 19.9 Å². The number of hydrogen-bond donors (Lipinski definition) is 0. The number of carbonyl (C=O) groups is 1. The molecule has 4 heterocycles. The lowest BCUT2D eigenvalue weighted by Crippen LogP contribution is -2.39. The topological polar surface area (TPSA) is 94.2 Å². The van der Waals surface area contributed by atoms with Gasteiger partial charge < -0.3 is 14.1 Å². The number of rotatable bonds is 6. The summed E-state index contributed by atoms with van der Waals surface area (Å²) in [6.45, 7) is 0.636. The van der Waals surface area contributed by atoms with Crippen LogP contribution in [0, 0.1) is 0 Å². The average molecular weight is 456 g/mol. The van der Waals surface area contributed by atoms with Crippen LogP contribution in [0.1, 0.15) is 53.0 Å². The summed E-state index contributed by atoms with van der Waals surface area (Å²) in [6, 6.07) is 13.1. The Bertz CT molecular complexity index is 1270. The van der Waals surface area contributed by atoms with Crippen LogP contribution in [0.25, 0.3) is 11.3 Å². The molecule has 0 aliphatic carbocycles. The maximum Gasteiger partial charge on any atom is 0.273 e. The van der Waals surface area contributed by atoms with Crippen molar-refractivity contribution in [3.63, 3.8) is 0 Å². The molecule has 1 amide bonds. The Morgan fingerprint density at radius 1 is 1.12 bits per heavy atom. The first-order valence-corrected chi connectivity index (χ1v) is 11.3. The van der Waals surface area contributed by atoms with E-state index in [-0.39, 0.29) is 11.9 Å². The molecule has 1 aromatic carbocycles. The molecule has 1 saturated heterocycles. The van der Waals surface area contributed by atoms with Crippen LogP contribution in [0.15, 0.2) is 71.8 Å². The Labute approximate surface area is 197 Å². The third kappa shape index (κ3) is 4.66. The third-order valence-corrected chi connectivity index (χ3v) is 5.96. The monoisotopic (exact) mass is 455 g/mol. The Kier molecular flexibility index (Phi) is 6.29. The fourth-order valence-corrected chi connectivity index (χ4v) is 4.27. The van der Waals surface area contributed by atoms with Gasteiger partial charge in [-0.1, -0.05) is 18.2 Å². The van der Waals surface area contributed by atoms with E-state index in [1.165, 1.54) is 6.33 Å². The Hall–Kier alpha value is -4.07. The number of nitrogens with zero attached hydrogens (tertiary/aromatic N) is 5. The Balaban J connectivity index is 1.36. The summed E-state index contributed by atoms with van der Waals surface area (Å²) in [5.74, 6) is 2.00. The number of pyridine rings is 1. The van der Waals surface area contributed by atoms with Crippen LogP contribution >= 0.6 is 0 Å². The minimum atomic E-state index is -0.217. The van der Waals surface area contributed by atoms with Crippen LogP contribution in [0.2, 0.25) is 0 Å². The second-order valence-corrected chi connectivity index (χ2v) is 8.24. The van der Waals surface area contributed by atoms with E-state index in [9.17, 15) is 4.79 Å². The Morgan fingerprint density at radius 2 is 1.97 bits per heavy atom. The molecule has 0 radical (unpaired) electrons. The zero-order valence-corrected chi connectivity index (χ0v) is 18.9. The van der Waals surface area contributed by atoms with Gasteiger partial charge in [0.05, 0.1) is 19.0 Å². The zero-order chi connectivity index (χ0) is 23.3. The number of carbonyl (C=O) groups excluding carboxylic acids is 1. The first kappa shape index (κ1) is 21.8. The maximum absolute atomic E-state index is 13.5. The number of likely N-dealkylation sites (tertiary alicyclic amines) is 1. The van der Waals surface area contributed by atoms with Gasteiger partial charge in [0.25, 0.3) is 5.91 Å². The van der Waals surface area contributed by atoms with Crippen LogP contribution < -0.4 is 4.74 Å². The quantitative estimate of drug-likeness (QED) is 0.423. The molecule has 3 aromatic heterocycles. The molecule has 0 bridgehead atoms. The van der Waals surface area contributed by atoms with Crippen molar-refractivity contribution >= 4 is 5.91 Å². The number of oxazole rings is 1. The second-order valence-electron chi connectivity index (χ2n) is 8.24. The van der Waals surface area contributed by atoms with Crippen molar-refractivity contribution < 1.29 is 13.9 Å². The van der Waals surface area contributed by atoms with Gasteiger partial charge in [-0.05, 0) is 49.1 Å². The van der Waals surface area contributed by atoms with Gasteiger partial charge >= 0.3 is 0 Å². The van der Waals surface area contributed by atoms with Crippen LogP contribution in [0.5, 0.6) is 5.75 Å². The third-order valence-electron chi connectivity index (χ3n) is 5.96. The molecule has 8 heteroatoms. The van der Waals surface area contributed by atoms with Gasteiger partial charge in [-0.15, -0.1) is 0 Å². The van der Waals surface area contributed by atoms with Gasteiger partial charge in [-0.2, -0.15) is 0 Å². The van der Waals surface area contributed by atoms with E-state index >= 15 is 0 Å². The van der Waals surface area contributed by atoms with Gasteiger partial charge in [0.1, 0.15) is 29.6 Å². The number of benzene rings is 1. The molecule has 1 fully saturated rings. The highest BCUT2D eigenvalue weighted by Gasteiger charge is 2.32. The average Bonchev–Trinajstić information content (AvgIpc) is 3.37. The SMILES string of the molecule is COc1cccc(Cc2cnc([C@H]3CCCCN3C(=O)c3cccc(-c4cncnc4)n3)o2)c1. The van der Waals surface area contributed by atoms with E-state index in [1.807, 2.05) is 41.3 Å². The standard InChI is InChI=1S/C26H25N5O3/c1-33-20-7-4-6-18(12-20)13-21-16-29-25(34-21)24-10-2-3-11-31(24)26(32)23-9-5-8-22(30-23)19-14-27-17-28-15-19/h4-9,12,14-17,24H,2-3,10-11,13H2,1H3/t24-/m1/s1. The summed E-state index contributed by atoms with van der Waals surface area (Å²) in [7, 11) is 1.65. The van der Waals surface area contributed by atoms with Crippen molar-refractivity contribution in [1.82, 2.24) is 24.8 Å².